The first-order valence-electron chi connectivity index (χ1n) is 7.59. The molecule has 1 amide bonds. The molecule has 0 N–H and O–H groups in total. The van der Waals surface area contributed by atoms with Crippen LogP contribution in [0.4, 0.5) is 4.39 Å². The lowest BCUT2D eigenvalue weighted by Crippen LogP contribution is -2.51. The van der Waals surface area contributed by atoms with E-state index in [-0.39, 0.29) is 5.56 Å². The van der Waals surface area contributed by atoms with Crippen LogP contribution in [-0.4, -0.2) is 36.0 Å². The predicted octanol–water partition coefficient (Wildman–Crippen LogP) is 2.67. The Bertz CT molecular complexity index is 616. The summed E-state index contributed by atoms with van der Waals surface area (Å²) in [6, 6.07) is 7.14. The van der Waals surface area contributed by atoms with Crippen molar-refractivity contribution in [2.24, 2.45) is 0 Å². The normalized spacial score (nSPS) is 16.2. The van der Waals surface area contributed by atoms with Crippen LogP contribution in [0.5, 0.6) is 0 Å². The van der Waals surface area contributed by atoms with Crippen LogP contribution in [0.2, 0.25) is 0 Å². The van der Waals surface area contributed by atoms with Gasteiger partial charge in [0, 0.05) is 7.05 Å². The molecular weight excluding hydrogens is 299 g/mol. The molecule has 0 heterocycles. The number of likely N-dealkylation sites (N-methyl/N-ethyl adjacent to an activating group) is 1. The van der Waals surface area contributed by atoms with Gasteiger partial charge in [-0.2, -0.15) is 5.26 Å². The van der Waals surface area contributed by atoms with Gasteiger partial charge < -0.3 is 9.64 Å². The van der Waals surface area contributed by atoms with Crippen molar-refractivity contribution in [1.82, 2.24) is 4.90 Å². The average Bonchev–Trinajstić information content (AvgIpc) is 2.59. The number of esters is 1. The smallest absolute Gasteiger partial charge is 0.338 e. The summed E-state index contributed by atoms with van der Waals surface area (Å²) in [5, 5.41) is 9.46. The van der Waals surface area contributed by atoms with Gasteiger partial charge in [0.1, 0.15) is 11.4 Å². The highest BCUT2D eigenvalue weighted by Crippen LogP contribution is 2.32. The Morgan fingerprint density at radius 2 is 1.87 bits per heavy atom. The van der Waals surface area contributed by atoms with Gasteiger partial charge in [-0.1, -0.05) is 19.3 Å². The third-order valence-corrected chi connectivity index (χ3v) is 4.31. The van der Waals surface area contributed by atoms with Crippen LogP contribution < -0.4 is 0 Å². The maximum Gasteiger partial charge on any atom is 0.338 e. The lowest BCUT2D eigenvalue weighted by Gasteiger charge is -2.38. The number of carbonyl (C=O) groups excluding carboxylic acids is 2. The third kappa shape index (κ3) is 3.86. The van der Waals surface area contributed by atoms with Crippen molar-refractivity contribution in [3.05, 3.63) is 35.6 Å². The van der Waals surface area contributed by atoms with Crippen molar-refractivity contribution >= 4 is 11.9 Å². The minimum absolute atomic E-state index is 0.175. The molecule has 1 aliphatic carbocycles. The molecule has 1 aromatic carbocycles. The highest BCUT2D eigenvalue weighted by molar-refractivity contribution is 5.91. The van der Waals surface area contributed by atoms with Gasteiger partial charge in [-0.3, -0.25) is 4.79 Å². The summed E-state index contributed by atoms with van der Waals surface area (Å²) >= 11 is 0. The van der Waals surface area contributed by atoms with E-state index in [0.29, 0.717) is 12.8 Å². The zero-order valence-corrected chi connectivity index (χ0v) is 13.0. The van der Waals surface area contributed by atoms with Gasteiger partial charge in [0.05, 0.1) is 11.6 Å². The van der Waals surface area contributed by atoms with E-state index < -0.39 is 29.8 Å². The second kappa shape index (κ2) is 7.23. The Morgan fingerprint density at radius 3 is 2.43 bits per heavy atom. The molecule has 23 heavy (non-hydrogen) atoms. The molecule has 0 saturated heterocycles. The molecule has 0 aromatic heterocycles. The Hall–Kier alpha value is -2.42. The molecule has 0 aliphatic heterocycles. The van der Waals surface area contributed by atoms with Gasteiger partial charge in [0.15, 0.2) is 6.61 Å². The van der Waals surface area contributed by atoms with Gasteiger partial charge in [0.2, 0.25) is 0 Å². The second-order valence-corrected chi connectivity index (χ2v) is 5.74. The summed E-state index contributed by atoms with van der Waals surface area (Å²) in [6.45, 7) is -0.434. The van der Waals surface area contributed by atoms with Gasteiger partial charge in [-0.25, -0.2) is 9.18 Å². The Labute approximate surface area is 134 Å². The first kappa shape index (κ1) is 16.9. The average molecular weight is 318 g/mol. The number of amides is 1. The fraction of sp³-hybridized carbons (Fsp3) is 0.471. The Balaban J connectivity index is 1.94. The summed E-state index contributed by atoms with van der Waals surface area (Å²) in [5.74, 6) is -1.56. The number of carbonyl (C=O) groups is 2. The van der Waals surface area contributed by atoms with Gasteiger partial charge in [-0.05, 0) is 37.1 Å². The summed E-state index contributed by atoms with van der Waals surface area (Å²) in [7, 11) is 1.57. The van der Waals surface area contributed by atoms with E-state index in [1.54, 1.807) is 7.05 Å². The molecular formula is C17H19FN2O3. The number of benzene rings is 1. The van der Waals surface area contributed by atoms with Crippen molar-refractivity contribution in [2.75, 3.05) is 13.7 Å². The monoisotopic (exact) mass is 318 g/mol. The fourth-order valence-electron chi connectivity index (χ4n) is 2.79. The van der Waals surface area contributed by atoms with Crippen molar-refractivity contribution in [1.29, 1.82) is 5.26 Å². The topological polar surface area (TPSA) is 70.4 Å². The Morgan fingerprint density at radius 1 is 1.26 bits per heavy atom. The number of nitriles is 1. The molecule has 2 rings (SSSR count). The molecule has 0 unspecified atom stereocenters. The van der Waals surface area contributed by atoms with Crippen LogP contribution >= 0.6 is 0 Å². The van der Waals surface area contributed by atoms with Crippen LogP contribution in [0, 0.1) is 17.1 Å². The molecule has 1 fully saturated rings. The zero-order chi connectivity index (χ0) is 16.9. The standard InChI is InChI=1S/C17H19FN2O3/c1-20(17(12-19)9-3-2-4-10-17)15(21)11-23-16(22)13-5-7-14(18)8-6-13/h5-8H,2-4,9-11H2,1H3. The van der Waals surface area contributed by atoms with Crippen molar-refractivity contribution < 1.29 is 18.7 Å². The molecule has 122 valence electrons. The predicted molar refractivity (Wildman–Crippen MR) is 80.9 cm³/mol. The summed E-state index contributed by atoms with van der Waals surface area (Å²) in [4.78, 5) is 25.5. The molecule has 6 heteroatoms. The summed E-state index contributed by atoms with van der Waals surface area (Å²) in [5.41, 5.74) is -0.632. The number of nitrogens with zero attached hydrogens (tertiary/aromatic N) is 2. The highest BCUT2D eigenvalue weighted by atomic mass is 19.1. The summed E-state index contributed by atoms with van der Waals surface area (Å²) in [6.07, 6.45) is 4.14. The van der Waals surface area contributed by atoms with E-state index in [0.717, 1.165) is 31.4 Å². The van der Waals surface area contributed by atoms with Gasteiger partial charge in [0.25, 0.3) is 5.91 Å². The first-order valence-corrected chi connectivity index (χ1v) is 7.59. The van der Waals surface area contributed by atoms with Crippen molar-refractivity contribution in [3.8, 4) is 6.07 Å². The number of hydrogen-bond acceptors (Lipinski definition) is 4. The van der Waals surface area contributed by atoms with Crippen molar-refractivity contribution in [3.63, 3.8) is 0 Å². The summed E-state index contributed by atoms with van der Waals surface area (Å²) < 4.78 is 17.8. The fourth-order valence-corrected chi connectivity index (χ4v) is 2.79. The molecule has 1 saturated carbocycles. The number of hydrogen-bond donors (Lipinski definition) is 0. The van der Waals surface area contributed by atoms with E-state index in [2.05, 4.69) is 6.07 Å². The highest BCUT2D eigenvalue weighted by Gasteiger charge is 2.38. The van der Waals surface area contributed by atoms with Crippen LogP contribution in [0.15, 0.2) is 24.3 Å². The van der Waals surface area contributed by atoms with E-state index >= 15 is 0 Å². The molecule has 5 nitrogen and oxygen atoms in total. The van der Waals surface area contributed by atoms with Crippen LogP contribution in [-0.2, 0) is 9.53 Å². The van der Waals surface area contributed by atoms with E-state index in [9.17, 15) is 19.2 Å². The van der Waals surface area contributed by atoms with Crippen LogP contribution in [0.1, 0.15) is 42.5 Å². The minimum atomic E-state index is -0.808. The second-order valence-electron chi connectivity index (χ2n) is 5.74. The minimum Gasteiger partial charge on any atom is -0.452 e. The maximum atomic E-state index is 12.8. The zero-order valence-electron chi connectivity index (χ0n) is 13.0. The molecule has 0 spiro atoms. The number of rotatable bonds is 4. The van der Waals surface area contributed by atoms with Gasteiger partial charge >= 0.3 is 5.97 Å². The SMILES string of the molecule is CN(C(=O)COC(=O)c1ccc(F)cc1)C1(C#N)CCCCC1. The third-order valence-electron chi connectivity index (χ3n) is 4.31. The van der Waals surface area contributed by atoms with Crippen LogP contribution in [0.3, 0.4) is 0 Å². The lowest BCUT2D eigenvalue weighted by atomic mass is 9.81. The largest absolute Gasteiger partial charge is 0.452 e. The Kier molecular flexibility index (Phi) is 5.32. The first-order chi connectivity index (χ1) is 11.0. The van der Waals surface area contributed by atoms with Crippen molar-refractivity contribution in [2.45, 2.75) is 37.6 Å². The van der Waals surface area contributed by atoms with Gasteiger partial charge in [-0.15, -0.1) is 0 Å². The molecule has 1 aliphatic rings. The van der Waals surface area contributed by atoms with E-state index in [1.807, 2.05) is 0 Å². The number of ether oxygens (including phenoxy) is 1. The molecule has 0 atom stereocenters. The maximum absolute atomic E-state index is 12.8. The van der Waals surface area contributed by atoms with E-state index in [1.165, 1.54) is 17.0 Å². The van der Waals surface area contributed by atoms with Crippen LogP contribution in [0.25, 0.3) is 0 Å². The molecule has 1 aromatic rings. The lowest BCUT2D eigenvalue weighted by molar-refractivity contribution is -0.138. The number of halogens is 1. The van der Waals surface area contributed by atoms with E-state index in [4.69, 9.17) is 4.74 Å². The molecule has 0 bridgehead atoms. The molecule has 0 radical (unpaired) electrons. The quantitative estimate of drug-likeness (QED) is 0.800.